The monoisotopic (exact) mass is 536 g/mol. The van der Waals surface area contributed by atoms with Gasteiger partial charge in [0.25, 0.3) is 10.1 Å². The van der Waals surface area contributed by atoms with Gasteiger partial charge < -0.3 is 14.9 Å². The second-order valence-corrected chi connectivity index (χ2v) is 13.7. The van der Waals surface area contributed by atoms with Gasteiger partial charge in [-0.3, -0.25) is 13.8 Å². The number of ketones is 1. The van der Waals surface area contributed by atoms with E-state index in [1.54, 1.807) is 19.1 Å². The van der Waals surface area contributed by atoms with Crippen LogP contribution >= 0.6 is 0 Å². The van der Waals surface area contributed by atoms with Crippen molar-refractivity contribution in [1.29, 1.82) is 0 Å². The molecule has 0 radical (unpaired) electrons. The Morgan fingerprint density at radius 2 is 1.76 bits per heavy atom. The molecule has 8 unspecified atom stereocenters. The normalized spacial score (nSPS) is 40.1. The van der Waals surface area contributed by atoms with Crippen molar-refractivity contribution in [3.63, 3.8) is 0 Å². The van der Waals surface area contributed by atoms with E-state index in [0.29, 0.717) is 12.8 Å². The second kappa shape index (κ2) is 9.74. The highest BCUT2D eigenvalue weighted by Gasteiger charge is 2.68. The fourth-order valence-corrected chi connectivity index (χ4v) is 8.55. The Balaban J connectivity index is 1.63. The molecule has 37 heavy (non-hydrogen) atoms. The first-order valence-corrected chi connectivity index (χ1v) is 14.6. The van der Waals surface area contributed by atoms with Gasteiger partial charge in [-0.2, -0.15) is 8.42 Å². The van der Waals surface area contributed by atoms with Crippen molar-refractivity contribution in [2.24, 2.45) is 34.0 Å². The number of aliphatic hydroxyl groups is 1. The summed E-state index contributed by atoms with van der Waals surface area (Å²) in [7, 11) is -3.98. The molecular weight excluding hydrogens is 496 g/mol. The zero-order chi connectivity index (χ0) is 27.4. The van der Waals surface area contributed by atoms with Crippen molar-refractivity contribution < 1.29 is 37.1 Å². The van der Waals surface area contributed by atoms with Crippen LogP contribution in [0, 0.1) is 40.9 Å². The van der Waals surface area contributed by atoms with E-state index >= 15 is 0 Å². The molecule has 4 rings (SSSR count). The molecular formula is C28H40O8S. The smallest absolute Gasteiger partial charge is 0.312 e. The Kier molecular flexibility index (Phi) is 7.42. The van der Waals surface area contributed by atoms with Crippen molar-refractivity contribution >= 4 is 21.9 Å². The molecule has 3 saturated carbocycles. The number of ether oxygens (including phenoxy) is 1. The highest BCUT2D eigenvalue weighted by Crippen LogP contribution is 2.67. The molecule has 3 aliphatic carbocycles. The number of hydrogen-bond acceptors (Lipinski definition) is 7. The van der Waals surface area contributed by atoms with Gasteiger partial charge in [-0.15, -0.1) is 0 Å². The number of benzene rings is 1. The summed E-state index contributed by atoms with van der Waals surface area (Å²) >= 11 is 0. The molecule has 0 heterocycles. The van der Waals surface area contributed by atoms with Crippen LogP contribution in [0.5, 0.6) is 0 Å². The maximum absolute atomic E-state index is 13.4. The maximum atomic E-state index is 13.4. The predicted octanol–water partition coefficient (Wildman–Crippen LogP) is 3.98. The summed E-state index contributed by atoms with van der Waals surface area (Å²) in [6.07, 6.45) is 0.844. The van der Waals surface area contributed by atoms with Crippen molar-refractivity contribution in [2.75, 3.05) is 13.2 Å². The van der Waals surface area contributed by atoms with Crippen LogP contribution in [0.2, 0.25) is 0 Å². The molecule has 0 spiro atoms. The number of rotatable bonds is 7. The Morgan fingerprint density at radius 3 is 2.38 bits per heavy atom. The van der Waals surface area contributed by atoms with Gasteiger partial charge in [0.05, 0.1) is 35.7 Å². The van der Waals surface area contributed by atoms with Crippen molar-refractivity contribution in [2.45, 2.75) is 83.8 Å². The maximum Gasteiger partial charge on any atom is 0.312 e. The summed E-state index contributed by atoms with van der Waals surface area (Å²) in [5, 5.41) is 21.7. The highest BCUT2D eigenvalue weighted by molar-refractivity contribution is 7.86. The first kappa shape index (κ1) is 28.2. The van der Waals surface area contributed by atoms with Crippen LogP contribution in [-0.4, -0.2) is 55.8 Å². The minimum atomic E-state index is -3.98. The standard InChI is InChI=1S/C28H40O8S/c1-17-6-8-20(9-7-17)37(33,34)36-15-14-35-22-16-26(4,25(31)32)24(30)19(3)28-12-10-18(2)27(22,5)23(28)21(29)11-13-28/h6-9,18-19,22-24,30H,10-16H2,1-5H3,(H,31,32). The van der Waals surface area contributed by atoms with Crippen LogP contribution in [0.1, 0.15) is 65.4 Å². The number of carbonyl (C=O) groups is 2. The molecule has 1 aromatic carbocycles. The molecule has 3 aliphatic rings. The Morgan fingerprint density at radius 1 is 1.11 bits per heavy atom. The molecule has 3 fully saturated rings. The lowest BCUT2D eigenvalue weighted by atomic mass is 9.44. The lowest BCUT2D eigenvalue weighted by Crippen LogP contribution is -2.64. The van der Waals surface area contributed by atoms with E-state index in [1.165, 1.54) is 12.1 Å². The fourth-order valence-electron chi connectivity index (χ4n) is 7.65. The third-order valence-electron chi connectivity index (χ3n) is 10.2. The zero-order valence-corrected chi connectivity index (χ0v) is 23.2. The summed E-state index contributed by atoms with van der Waals surface area (Å²) in [4.78, 5) is 26.0. The quantitative estimate of drug-likeness (QED) is 0.396. The lowest BCUT2D eigenvalue weighted by molar-refractivity contribution is -0.215. The van der Waals surface area contributed by atoms with Gasteiger partial charge in [-0.1, -0.05) is 38.5 Å². The zero-order valence-electron chi connectivity index (χ0n) is 22.4. The first-order valence-electron chi connectivity index (χ1n) is 13.2. The van der Waals surface area contributed by atoms with E-state index in [9.17, 15) is 28.2 Å². The van der Waals surface area contributed by atoms with Gasteiger partial charge in [0, 0.05) is 17.8 Å². The molecule has 2 bridgehead atoms. The van der Waals surface area contributed by atoms with Crippen LogP contribution in [0.25, 0.3) is 0 Å². The summed E-state index contributed by atoms with van der Waals surface area (Å²) < 4.78 is 36.7. The van der Waals surface area contributed by atoms with E-state index in [-0.39, 0.29) is 48.1 Å². The molecule has 206 valence electrons. The first-order chi connectivity index (χ1) is 17.2. The van der Waals surface area contributed by atoms with E-state index in [1.807, 2.05) is 20.8 Å². The largest absolute Gasteiger partial charge is 0.481 e. The van der Waals surface area contributed by atoms with Crippen LogP contribution in [0.15, 0.2) is 29.2 Å². The topological polar surface area (TPSA) is 127 Å². The number of carbonyl (C=O) groups excluding carboxylic acids is 1. The van der Waals surface area contributed by atoms with Gasteiger partial charge in [-0.05, 0) is 68.9 Å². The third-order valence-corrected chi connectivity index (χ3v) is 11.6. The van der Waals surface area contributed by atoms with Gasteiger partial charge >= 0.3 is 5.97 Å². The summed E-state index contributed by atoms with van der Waals surface area (Å²) in [6, 6.07) is 6.35. The van der Waals surface area contributed by atoms with Gasteiger partial charge in [0.1, 0.15) is 5.78 Å². The van der Waals surface area contributed by atoms with E-state index < -0.39 is 44.5 Å². The van der Waals surface area contributed by atoms with Gasteiger partial charge in [-0.25, -0.2) is 0 Å². The summed E-state index contributed by atoms with van der Waals surface area (Å²) in [6.45, 7) is 9.10. The van der Waals surface area contributed by atoms with E-state index in [2.05, 4.69) is 6.92 Å². The number of aryl methyl sites for hydroxylation is 1. The van der Waals surface area contributed by atoms with Gasteiger partial charge in [0.15, 0.2) is 0 Å². The summed E-state index contributed by atoms with van der Waals surface area (Å²) in [5.41, 5.74) is -1.70. The summed E-state index contributed by atoms with van der Waals surface area (Å²) in [5.74, 6) is -1.59. The van der Waals surface area contributed by atoms with E-state index in [0.717, 1.165) is 18.4 Å². The SMILES string of the molecule is Cc1ccc(S(=O)(=O)OCCOC2CC(C)(C(=O)O)C(O)C(C)C34CCC(=O)C3C2(C)C(C)CC4)cc1. The van der Waals surface area contributed by atoms with Crippen LogP contribution < -0.4 is 0 Å². The fraction of sp³-hybridized carbons (Fsp3) is 0.714. The van der Waals surface area contributed by atoms with Crippen molar-refractivity contribution in [1.82, 2.24) is 0 Å². The highest BCUT2D eigenvalue weighted by atomic mass is 32.2. The number of carboxylic acid groups (broad SMARTS) is 1. The van der Waals surface area contributed by atoms with E-state index in [4.69, 9.17) is 8.92 Å². The lowest BCUT2D eigenvalue weighted by Gasteiger charge is -2.61. The minimum absolute atomic E-state index is 0.0131. The second-order valence-electron chi connectivity index (χ2n) is 12.0. The van der Waals surface area contributed by atoms with Crippen molar-refractivity contribution in [3.05, 3.63) is 29.8 Å². The van der Waals surface area contributed by atoms with Crippen LogP contribution in [0.4, 0.5) is 0 Å². The third kappa shape index (κ3) is 4.45. The average molecular weight is 537 g/mol. The molecule has 0 saturated heterocycles. The van der Waals surface area contributed by atoms with Gasteiger partial charge in [0.2, 0.25) is 0 Å². The number of aliphatic hydroxyl groups excluding tert-OH is 1. The average Bonchev–Trinajstić information content (AvgIpc) is 3.20. The molecule has 9 heteroatoms. The Labute approximate surface area is 219 Å². The molecule has 0 aromatic heterocycles. The van der Waals surface area contributed by atoms with Crippen molar-refractivity contribution in [3.8, 4) is 0 Å². The molecule has 0 amide bonds. The Hall–Kier alpha value is -1.81. The molecule has 0 aliphatic heterocycles. The number of hydrogen-bond donors (Lipinski definition) is 2. The molecule has 1 aromatic rings. The Bertz CT molecular complexity index is 1150. The minimum Gasteiger partial charge on any atom is -0.481 e. The van der Waals surface area contributed by atoms with Crippen LogP contribution in [0.3, 0.4) is 0 Å². The van der Waals surface area contributed by atoms with Crippen LogP contribution in [-0.2, 0) is 28.6 Å². The number of carboxylic acids is 1. The predicted molar refractivity (Wildman–Crippen MR) is 136 cm³/mol. The molecule has 2 N–H and O–H groups in total. The molecule has 8 nitrogen and oxygen atoms in total. The number of Topliss-reactive ketones (excluding diaryl/α,β-unsaturated/α-hetero) is 1. The molecule has 8 atom stereocenters. The number of aliphatic carboxylic acids is 1.